The zero-order valence-electron chi connectivity index (χ0n) is 12.6. The SMILES string of the molecule is CN(C(=O)Cc1ccc(-n2cccn2)cc1)C1CCNC1.Cl. The van der Waals surface area contributed by atoms with Crippen LogP contribution in [0.1, 0.15) is 12.0 Å². The molecule has 6 heteroatoms. The van der Waals surface area contributed by atoms with E-state index in [2.05, 4.69) is 10.4 Å². The third-order valence-electron chi connectivity index (χ3n) is 4.04. The van der Waals surface area contributed by atoms with E-state index in [0.717, 1.165) is 30.8 Å². The van der Waals surface area contributed by atoms with Gasteiger partial charge in [-0.25, -0.2) is 4.68 Å². The second-order valence-electron chi connectivity index (χ2n) is 5.45. The molecule has 0 aliphatic carbocycles. The molecule has 22 heavy (non-hydrogen) atoms. The first-order valence-electron chi connectivity index (χ1n) is 7.29. The average Bonchev–Trinajstić information content (AvgIpc) is 3.20. The number of nitrogens with zero attached hydrogens (tertiary/aromatic N) is 3. The third kappa shape index (κ3) is 3.67. The van der Waals surface area contributed by atoms with Gasteiger partial charge in [0.05, 0.1) is 12.1 Å². The maximum atomic E-state index is 12.3. The molecule has 1 aliphatic rings. The Labute approximate surface area is 136 Å². The summed E-state index contributed by atoms with van der Waals surface area (Å²) >= 11 is 0. The summed E-state index contributed by atoms with van der Waals surface area (Å²) in [5.74, 6) is 0.176. The summed E-state index contributed by atoms with van der Waals surface area (Å²) in [4.78, 5) is 14.2. The van der Waals surface area contributed by atoms with Gasteiger partial charge in [0.2, 0.25) is 5.91 Å². The van der Waals surface area contributed by atoms with Crippen molar-refractivity contribution < 1.29 is 4.79 Å². The lowest BCUT2D eigenvalue weighted by atomic mass is 10.1. The first-order chi connectivity index (χ1) is 10.2. The van der Waals surface area contributed by atoms with Crippen LogP contribution in [0, 0.1) is 0 Å². The highest BCUT2D eigenvalue weighted by Gasteiger charge is 2.22. The highest BCUT2D eigenvalue weighted by molar-refractivity contribution is 5.85. The number of carbonyl (C=O) groups excluding carboxylic acids is 1. The lowest BCUT2D eigenvalue weighted by molar-refractivity contribution is -0.130. The monoisotopic (exact) mass is 320 g/mol. The highest BCUT2D eigenvalue weighted by Crippen LogP contribution is 2.12. The number of likely N-dealkylation sites (N-methyl/N-ethyl adjacent to an activating group) is 1. The van der Waals surface area contributed by atoms with Crippen molar-refractivity contribution in [2.45, 2.75) is 18.9 Å². The van der Waals surface area contributed by atoms with Crippen LogP contribution >= 0.6 is 12.4 Å². The fourth-order valence-electron chi connectivity index (χ4n) is 2.66. The molecule has 3 rings (SSSR count). The number of nitrogens with one attached hydrogen (secondary N) is 1. The number of benzene rings is 1. The summed E-state index contributed by atoms with van der Waals surface area (Å²) in [7, 11) is 1.90. The number of halogens is 1. The van der Waals surface area contributed by atoms with Crippen molar-refractivity contribution in [3.05, 3.63) is 48.3 Å². The number of carbonyl (C=O) groups is 1. The Hall–Kier alpha value is -1.85. The zero-order valence-corrected chi connectivity index (χ0v) is 13.4. The molecule has 0 spiro atoms. The molecule has 1 aromatic heterocycles. The Balaban J connectivity index is 0.00000176. The maximum Gasteiger partial charge on any atom is 0.227 e. The summed E-state index contributed by atoms with van der Waals surface area (Å²) in [5.41, 5.74) is 2.04. The molecule has 2 aromatic rings. The largest absolute Gasteiger partial charge is 0.341 e. The van der Waals surface area contributed by atoms with E-state index >= 15 is 0 Å². The molecule has 1 saturated heterocycles. The second-order valence-corrected chi connectivity index (χ2v) is 5.45. The van der Waals surface area contributed by atoms with E-state index in [1.165, 1.54) is 0 Å². The molecule has 1 atom stereocenters. The van der Waals surface area contributed by atoms with E-state index in [9.17, 15) is 4.79 Å². The maximum absolute atomic E-state index is 12.3. The predicted octanol–water partition coefficient (Wildman–Crippen LogP) is 1.66. The Bertz CT molecular complexity index is 591. The predicted molar refractivity (Wildman–Crippen MR) is 88.6 cm³/mol. The summed E-state index contributed by atoms with van der Waals surface area (Å²) in [6.45, 7) is 1.90. The van der Waals surface area contributed by atoms with E-state index in [-0.39, 0.29) is 18.3 Å². The van der Waals surface area contributed by atoms with Crippen LogP contribution in [0.15, 0.2) is 42.7 Å². The molecular formula is C16H21ClN4O. The van der Waals surface area contributed by atoms with E-state index < -0.39 is 0 Å². The molecule has 1 fully saturated rings. The minimum absolute atomic E-state index is 0. The van der Waals surface area contributed by atoms with E-state index in [1.807, 2.05) is 53.2 Å². The first-order valence-corrected chi connectivity index (χ1v) is 7.29. The van der Waals surface area contributed by atoms with Crippen LogP contribution < -0.4 is 5.32 Å². The van der Waals surface area contributed by atoms with Gasteiger partial charge in [-0.3, -0.25) is 4.79 Å². The van der Waals surface area contributed by atoms with Crippen molar-refractivity contribution in [3.63, 3.8) is 0 Å². The van der Waals surface area contributed by atoms with Crippen molar-refractivity contribution in [2.24, 2.45) is 0 Å². The normalized spacial score (nSPS) is 17.0. The number of hydrogen-bond donors (Lipinski definition) is 1. The topological polar surface area (TPSA) is 50.2 Å². The van der Waals surface area contributed by atoms with Gasteiger partial charge in [-0.1, -0.05) is 12.1 Å². The van der Waals surface area contributed by atoms with E-state index in [0.29, 0.717) is 12.5 Å². The lowest BCUT2D eigenvalue weighted by Gasteiger charge is -2.23. The van der Waals surface area contributed by atoms with Gasteiger partial charge in [0, 0.05) is 32.0 Å². The standard InChI is InChI=1S/C16H20N4O.ClH/c1-19(15-7-9-17-12-15)16(21)11-13-3-5-14(6-4-13)20-10-2-8-18-20;/h2-6,8,10,15,17H,7,9,11-12H2,1H3;1H. The quantitative estimate of drug-likeness (QED) is 0.932. The van der Waals surface area contributed by atoms with Crippen LogP contribution in [0.2, 0.25) is 0 Å². The smallest absolute Gasteiger partial charge is 0.227 e. The Morgan fingerprint density at radius 3 is 2.77 bits per heavy atom. The molecule has 1 unspecified atom stereocenters. The summed E-state index contributed by atoms with van der Waals surface area (Å²) in [6, 6.07) is 10.2. The molecular weight excluding hydrogens is 300 g/mol. The first kappa shape index (κ1) is 16.5. The van der Waals surface area contributed by atoms with Crippen LogP contribution in [-0.4, -0.2) is 46.8 Å². The van der Waals surface area contributed by atoms with Gasteiger partial charge in [-0.2, -0.15) is 5.10 Å². The molecule has 1 amide bonds. The van der Waals surface area contributed by atoms with Crippen molar-refractivity contribution in [2.75, 3.05) is 20.1 Å². The van der Waals surface area contributed by atoms with Gasteiger partial charge in [-0.15, -0.1) is 12.4 Å². The van der Waals surface area contributed by atoms with Gasteiger partial charge >= 0.3 is 0 Å². The fraction of sp³-hybridized carbons (Fsp3) is 0.375. The van der Waals surface area contributed by atoms with E-state index in [4.69, 9.17) is 0 Å². The third-order valence-corrected chi connectivity index (χ3v) is 4.04. The van der Waals surface area contributed by atoms with Crippen LogP contribution in [0.25, 0.3) is 5.69 Å². The van der Waals surface area contributed by atoms with Crippen LogP contribution in [0.3, 0.4) is 0 Å². The minimum Gasteiger partial charge on any atom is -0.341 e. The van der Waals surface area contributed by atoms with Gasteiger partial charge in [0.15, 0.2) is 0 Å². The second kappa shape index (κ2) is 7.42. The molecule has 1 N–H and O–H groups in total. The summed E-state index contributed by atoms with van der Waals surface area (Å²) in [5, 5.41) is 7.48. The molecule has 5 nitrogen and oxygen atoms in total. The van der Waals surface area contributed by atoms with Crippen LogP contribution in [0.5, 0.6) is 0 Å². The Morgan fingerprint density at radius 2 is 2.18 bits per heavy atom. The number of amides is 1. The Morgan fingerprint density at radius 1 is 1.41 bits per heavy atom. The van der Waals surface area contributed by atoms with Crippen LogP contribution in [-0.2, 0) is 11.2 Å². The minimum atomic E-state index is 0. The van der Waals surface area contributed by atoms with E-state index in [1.54, 1.807) is 6.20 Å². The number of hydrogen-bond acceptors (Lipinski definition) is 3. The Kier molecular flexibility index (Phi) is 5.57. The lowest BCUT2D eigenvalue weighted by Crippen LogP contribution is -2.39. The van der Waals surface area contributed by atoms with Gasteiger partial charge in [-0.05, 0) is 36.7 Å². The van der Waals surface area contributed by atoms with Gasteiger partial charge in [0.25, 0.3) is 0 Å². The van der Waals surface area contributed by atoms with Crippen molar-refractivity contribution in [3.8, 4) is 5.69 Å². The molecule has 118 valence electrons. The molecule has 2 heterocycles. The zero-order chi connectivity index (χ0) is 14.7. The van der Waals surface area contributed by atoms with Gasteiger partial charge < -0.3 is 10.2 Å². The highest BCUT2D eigenvalue weighted by atomic mass is 35.5. The van der Waals surface area contributed by atoms with Crippen LogP contribution in [0.4, 0.5) is 0 Å². The number of aromatic nitrogens is 2. The van der Waals surface area contributed by atoms with Gasteiger partial charge in [0.1, 0.15) is 0 Å². The molecule has 0 saturated carbocycles. The molecule has 0 bridgehead atoms. The number of rotatable bonds is 4. The molecule has 0 radical (unpaired) electrons. The van der Waals surface area contributed by atoms with Crippen molar-refractivity contribution in [1.82, 2.24) is 20.0 Å². The summed E-state index contributed by atoms with van der Waals surface area (Å²) in [6.07, 6.45) is 5.15. The fourth-order valence-corrected chi connectivity index (χ4v) is 2.66. The average molecular weight is 321 g/mol. The summed E-state index contributed by atoms with van der Waals surface area (Å²) < 4.78 is 1.81. The molecule has 1 aliphatic heterocycles. The molecule has 1 aromatic carbocycles. The van der Waals surface area contributed by atoms with Crippen molar-refractivity contribution in [1.29, 1.82) is 0 Å². The van der Waals surface area contributed by atoms with Crippen molar-refractivity contribution >= 4 is 18.3 Å².